The summed E-state index contributed by atoms with van der Waals surface area (Å²) in [6.07, 6.45) is 5.33. The van der Waals surface area contributed by atoms with Crippen LogP contribution in [-0.2, 0) is 6.54 Å². The van der Waals surface area contributed by atoms with Gasteiger partial charge in [-0.3, -0.25) is 4.90 Å². The first-order valence-electron chi connectivity index (χ1n) is 7.33. The van der Waals surface area contributed by atoms with Crippen molar-refractivity contribution in [3.63, 3.8) is 0 Å². The molecule has 2 fully saturated rings. The van der Waals surface area contributed by atoms with E-state index in [0.717, 1.165) is 35.3 Å². The number of hydrogen-bond acceptors (Lipinski definition) is 2. The number of rotatable bonds is 3. The highest BCUT2D eigenvalue weighted by Gasteiger charge is 2.34. The first-order valence-corrected chi connectivity index (χ1v) is 7.71. The van der Waals surface area contributed by atoms with Crippen molar-refractivity contribution in [3.05, 3.63) is 34.3 Å². The van der Waals surface area contributed by atoms with Gasteiger partial charge in [-0.1, -0.05) is 23.7 Å². The van der Waals surface area contributed by atoms with E-state index < -0.39 is 0 Å². The lowest BCUT2D eigenvalue weighted by molar-refractivity contribution is 0.166. The smallest absolute Gasteiger partial charge is 0.0438 e. The second kappa shape index (κ2) is 5.43. The molecule has 3 rings (SSSR count). The van der Waals surface area contributed by atoms with Crippen molar-refractivity contribution in [2.75, 3.05) is 7.05 Å². The zero-order chi connectivity index (χ0) is 13.4. The fourth-order valence-corrected chi connectivity index (χ4v) is 3.74. The van der Waals surface area contributed by atoms with E-state index in [2.05, 4.69) is 42.4 Å². The highest BCUT2D eigenvalue weighted by Crippen LogP contribution is 2.30. The first-order chi connectivity index (χ1) is 9.11. The minimum absolute atomic E-state index is 0.721. The fourth-order valence-electron chi connectivity index (χ4n) is 3.54. The zero-order valence-electron chi connectivity index (χ0n) is 11.8. The molecule has 2 heterocycles. The second-order valence-corrected chi connectivity index (χ2v) is 6.67. The Morgan fingerprint density at radius 2 is 1.95 bits per heavy atom. The van der Waals surface area contributed by atoms with Crippen molar-refractivity contribution in [1.82, 2.24) is 10.2 Å². The molecule has 1 aromatic carbocycles. The second-order valence-electron chi connectivity index (χ2n) is 6.26. The van der Waals surface area contributed by atoms with E-state index >= 15 is 0 Å². The Labute approximate surface area is 121 Å². The van der Waals surface area contributed by atoms with Crippen LogP contribution in [0.5, 0.6) is 0 Å². The SMILES string of the molecule is Cc1ccc(CN(C)C2CC3CCC(C2)N3)cc1Cl. The van der Waals surface area contributed by atoms with Crippen LogP contribution in [0.1, 0.15) is 36.8 Å². The highest BCUT2D eigenvalue weighted by molar-refractivity contribution is 6.31. The zero-order valence-corrected chi connectivity index (χ0v) is 12.6. The summed E-state index contributed by atoms with van der Waals surface area (Å²) >= 11 is 6.21. The lowest BCUT2D eigenvalue weighted by Crippen LogP contribution is -2.46. The van der Waals surface area contributed by atoms with Gasteiger partial charge in [-0.15, -0.1) is 0 Å². The molecule has 0 aliphatic carbocycles. The molecular formula is C16H23ClN2. The van der Waals surface area contributed by atoms with E-state index in [1.807, 2.05) is 0 Å². The summed E-state index contributed by atoms with van der Waals surface area (Å²) in [7, 11) is 2.25. The van der Waals surface area contributed by atoms with Crippen LogP contribution in [0.2, 0.25) is 5.02 Å². The maximum atomic E-state index is 6.21. The standard InChI is InChI=1S/C16H23ClN2/c1-11-3-4-12(7-16(11)17)10-19(2)15-8-13-5-6-14(9-15)18-13/h3-4,7,13-15,18H,5-6,8-10H2,1-2H3. The van der Waals surface area contributed by atoms with Gasteiger partial charge in [0, 0.05) is 29.7 Å². The number of hydrogen-bond donors (Lipinski definition) is 1. The van der Waals surface area contributed by atoms with Gasteiger partial charge in [0.05, 0.1) is 0 Å². The van der Waals surface area contributed by atoms with Crippen LogP contribution in [0.3, 0.4) is 0 Å². The molecule has 2 aliphatic heterocycles. The van der Waals surface area contributed by atoms with E-state index in [9.17, 15) is 0 Å². The Balaban J connectivity index is 1.64. The van der Waals surface area contributed by atoms with Crippen molar-refractivity contribution in [3.8, 4) is 0 Å². The molecule has 2 atom stereocenters. The molecule has 0 spiro atoms. The quantitative estimate of drug-likeness (QED) is 0.912. The summed E-state index contributed by atoms with van der Waals surface area (Å²) in [6.45, 7) is 3.06. The molecule has 0 radical (unpaired) electrons. The number of fused-ring (bicyclic) bond motifs is 2. The van der Waals surface area contributed by atoms with Crippen LogP contribution in [-0.4, -0.2) is 30.1 Å². The summed E-state index contributed by atoms with van der Waals surface area (Å²) in [6, 6.07) is 8.67. The van der Waals surface area contributed by atoms with Crippen molar-refractivity contribution < 1.29 is 0 Å². The molecule has 2 bridgehead atoms. The average molecular weight is 279 g/mol. The molecule has 2 unspecified atom stereocenters. The van der Waals surface area contributed by atoms with Gasteiger partial charge >= 0.3 is 0 Å². The summed E-state index contributed by atoms with van der Waals surface area (Å²) in [5.74, 6) is 0. The van der Waals surface area contributed by atoms with Crippen LogP contribution < -0.4 is 5.32 Å². The van der Waals surface area contributed by atoms with Gasteiger partial charge in [-0.25, -0.2) is 0 Å². The fraction of sp³-hybridized carbons (Fsp3) is 0.625. The van der Waals surface area contributed by atoms with Crippen LogP contribution in [0.4, 0.5) is 0 Å². The Morgan fingerprint density at radius 3 is 2.58 bits per heavy atom. The molecule has 0 saturated carbocycles. The van der Waals surface area contributed by atoms with Crippen LogP contribution in [0.15, 0.2) is 18.2 Å². The summed E-state index contributed by atoms with van der Waals surface area (Å²) in [5.41, 5.74) is 2.48. The molecule has 2 nitrogen and oxygen atoms in total. The number of nitrogens with zero attached hydrogens (tertiary/aromatic N) is 1. The number of aryl methyl sites for hydroxylation is 1. The average Bonchev–Trinajstić information content (AvgIpc) is 2.72. The van der Waals surface area contributed by atoms with Crippen molar-refractivity contribution >= 4 is 11.6 Å². The molecule has 1 N–H and O–H groups in total. The minimum atomic E-state index is 0.721. The molecule has 1 aromatic rings. The maximum Gasteiger partial charge on any atom is 0.0438 e. The van der Waals surface area contributed by atoms with Gasteiger partial charge in [-0.2, -0.15) is 0 Å². The van der Waals surface area contributed by atoms with Crippen LogP contribution in [0.25, 0.3) is 0 Å². The summed E-state index contributed by atoms with van der Waals surface area (Å²) in [4.78, 5) is 2.51. The summed E-state index contributed by atoms with van der Waals surface area (Å²) in [5, 5.41) is 4.59. The van der Waals surface area contributed by atoms with E-state index in [0.29, 0.717) is 0 Å². The van der Waals surface area contributed by atoms with E-state index in [1.54, 1.807) is 0 Å². The van der Waals surface area contributed by atoms with Crippen LogP contribution >= 0.6 is 11.6 Å². The molecule has 0 aromatic heterocycles. The third-order valence-electron chi connectivity index (χ3n) is 4.74. The molecule has 104 valence electrons. The van der Waals surface area contributed by atoms with Gasteiger partial charge in [0.2, 0.25) is 0 Å². The van der Waals surface area contributed by atoms with Gasteiger partial charge in [-0.05, 0) is 56.8 Å². The van der Waals surface area contributed by atoms with Crippen molar-refractivity contribution in [1.29, 1.82) is 0 Å². The number of piperidine rings is 1. The Hall–Kier alpha value is -0.570. The number of nitrogens with one attached hydrogen (secondary N) is 1. The van der Waals surface area contributed by atoms with Crippen LogP contribution in [0, 0.1) is 6.92 Å². The van der Waals surface area contributed by atoms with E-state index in [1.165, 1.54) is 31.2 Å². The lowest BCUT2D eigenvalue weighted by atomic mass is 9.98. The molecule has 2 aliphatic rings. The monoisotopic (exact) mass is 278 g/mol. The predicted octanol–water partition coefficient (Wildman–Crippen LogP) is 3.36. The van der Waals surface area contributed by atoms with Gasteiger partial charge in [0.15, 0.2) is 0 Å². The maximum absolute atomic E-state index is 6.21. The lowest BCUT2D eigenvalue weighted by Gasteiger charge is -2.35. The van der Waals surface area contributed by atoms with Gasteiger partial charge < -0.3 is 5.32 Å². The Morgan fingerprint density at radius 1 is 1.26 bits per heavy atom. The van der Waals surface area contributed by atoms with Gasteiger partial charge in [0.1, 0.15) is 0 Å². The topological polar surface area (TPSA) is 15.3 Å². The third-order valence-corrected chi connectivity index (χ3v) is 5.15. The van der Waals surface area contributed by atoms with Crippen molar-refractivity contribution in [2.24, 2.45) is 0 Å². The molecular weight excluding hydrogens is 256 g/mol. The Kier molecular flexibility index (Phi) is 3.84. The predicted molar refractivity (Wildman–Crippen MR) is 80.6 cm³/mol. The number of benzene rings is 1. The van der Waals surface area contributed by atoms with E-state index in [-0.39, 0.29) is 0 Å². The van der Waals surface area contributed by atoms with Crippen molar-refractivity contribution in [2.45, 2.75) is 57.3 Å². The third kappa shape index (κ3) is 2.96. The molecule has 0 amide bonds. The first kappa shape index (κ1) is 13.4. The Bertz CT molecular complexity index is 448. The van der Waals surface area contributed by atoms with Gasteiger partial charge in [0.25, 0.3) is 0 Å². The van der Waals surface area contributed by atoms with E-state index in [4.69, 9.17) is 11.6 Å². The highest BCUT2D eigenvalue weighted by atomic mass is 35.5. The normalized spacial score (nSPS) is 30.0. The minimum Gasteiger partial charge on any atom is -0.311 e. The molecule has 3 heteroatoms. The number of halogens is 1. The largest absolute Gasteiger partial charge is 0.311 e. The summed E-state index contributed by atoms with van der Waals surface area (Å²) < 4.78 is 0. The molecule has 19 heavy (non-hydrogen) atoms. The molecule has 2 saturated heterocycles.